The molecule has 0 fully saturated rings. The van der Waals surface area contributed by atoms with Crippen LogP contribution in [-0.2, 0) is 14.4 Å². The summed E-state index contributed by atoms with van der Waals surface area (Å²) in [5, 5.41) is 7.97. The summed E-state index contributed by atoms with van der Waals surface area (Å²) in [7, 11) is 0. The van der Waals surface area contributed by atoms with E-state index in [0.29, 0.717) is 19.4 Å². The minimum atomic E-state index is -1.05. The van der Waals surface area contributed by atoms with E-state index in [1.807, 2.05) is 0 Å². The van der Waals surface area contributed by atoms with E-state index >= 15 is 0 Å². The van der Waals surface area contributed by atoms with E-state index in [-0.39, 0.29) is 6.61 Å². The van der Waals surface area contributed by atoms with E-state index in [9.17, 15) is 4.79 Å². The molecule has 0 radical (unpaired) electrons. The van der Waals surface area contributed by atoms with Crippen molar-refractivity contribution >= 4 is 31.2 Å². The lowest BCUT2D eigenvalue weighted by Gasteiger charge is -2.14. The van der Waals surface area contributed by atoms with E-state index in [4.69, 9.17) is 9.99 Å². The Hall–Kier alpha value is 0.0900. The zero-order valence-electron chi connectivity index (χ0n) is 7.39. The molecule has 0 saturated carbocycles. The molecule has 0 aromatic carbocycles. The van der Waals surface area contributed by atoms with Gasteiger partial charge in [-0.1, -0.05) is 0 Å². The topological polar surface area (TPSA) is 55.8 Å². The first-order chi connectivity index (χ1) is 5.98. The molecule has 0 aliphatic carbocycles. The van der Waals surface area contributed by atoms with Crippen molar-refractivity contribution < 1.29 is 19.7 Å². The van der Waals surface area contributed by atoms with Crippen LogP contribution in [0.15, 0.2) is 0 Å². The fourth-order valence-electron chi connectivity index (χ4n) is 0.570. The number of ether oxygens (including phenoxy) is 1. The van der Waals surface area contributed by atoms with Gasteiger partial charge in [-0.15, -0.1) is 0 Å². The van der Waals surface area contributed by atoms with Gasteiger partial charge in [-0.25, -0.2) is 9.68 Å². The molecule has 0 aromatic rings. The van der Waals surface area contributed by atoms with Crippen LogP contribution >= 0.6 is 25.3 Å². The molecule has 0 spiro atoms. The van der Waals surface area contributed by atoms with Gasteiger partial charge in [0.15, 0.2) is 4.08 Å². The summed E-state index contributed by atoms with van der Waals surface area (Å²) in [6, 6.07) is 0. The monoisotopic (exact) mass is 226 g/mol. The van der Waals surface area contributed by atoms with Crippen LogP contribution in [0, 0.1) is 0 Å². The molecule has 0 unspecified atom stereocenters. The maximum Gasteiger partial charge on any atom is 0.331 e. The van der Waals surface area contributed by atoms with Gasteiger partial charge >= 0.3 is 5.97 Å². The number of carbonyl (C=O) groups is 1. The molecule has 78 valence electrons. The van der Waals surface area contributed by atoms with Crippen LogP contribution in [-0.4, -0.2) is 28.5 Å². The van der Waals surface area contributed by atoms with Crippen molar-refractivity contribution in [3.63, 3.8) is 0 Å². The fraction of sp³-hybridized carbons (Fsp3) is 0.857. The van der Waals surface area contributed by atoms with Gasteiger partial charge in [0.1, 0.15) is 0 Å². The Bertz CT molecular complexity index is 155. The van der Waals surface area contributed by atoms with Crippen molar-refractivity contribution in [1.82, 2.24) is 0 Å². The van der Waals surface area contributed by atoms with Crippen LogP contribution in [0.4, 0.5) is 0 Å². The number of hydrogen-bond acceptors (Lipinski definition) is 6. The smallest absolute Gasteiger partial charge is 0.331 e. The van der Waals surface area contributed by atoms with E-state index in [1.165, 1.54) is 0 Å². The Morgan fingerprint density at radius 2 is 1.92 bits per heavy atom. The quantitative estimate of drug-likeness (QED) is 0.160. The molecule has 0 atom stereocenters. The zero-order chi connectivity index (χ0) is 10.3. The molecule has 6 heteroatoms. The molecule has 0 aliphatic heterocycles. The predicted octanol–water partition coefficient (Wildman–Crippen LogP) is 1.38. The molecule has 1 N–H and O–H groups in total. The molecular weight excluding hydrogens is 212 g/mol. The van der Waals surface area contributed by atoms with Gasteiger partial charge in [-0.05, 0) is 19.8 Å². The second kappa shape index (κ2) is 6.53. The molecule has 0 saturated heterocycles. The highest BCUT2D eigenvalue weighted by Crippen LogP contribution is 2.19. The molecule has 0 aliphatic rings. The first-order valence-corrected chi connectivity index (χ1v) is 4.76. The SMILES string of the molecule is CC(S)(S)C(=O)OCCCCOO. The largest absolute Gasteiger partial charge is 0.464 e. The molecule has 0 bridgehead atoms. The molecule has 0 amide bonds. The fourth-order valence-corrected chi connectivity index (χ4v) is 0.699. The number of esters is 1. The summed E-state index contributed by atoms with van der Waals surface area (Å²) >= 11 is 7.84. The minimum absolute atomic E-state index is 0.247. The highest BCUT2D eigenvalue weighted by molar-refractivity contribution is 8.01. The van der Waals surface area contributed by atoms with Crippen molar-refractivity contribution in [3.05, 3.63) is 0 Å². The maximum atomic E-state index is 11.0. The summed E-state index contributed by atoms with van der Waals surface area (Å²) in [4.78, 5) is 14.9. The van der Waals surface area contributed by atoms with Gasteiger partial charge in [-0.2, -0.15) is 25.3 Å². The Labute approximate surface area is 88.4 Å². The van der Waals surface area contributed by atoms with Crippen LogP contribution < -0.4 is 0 Å². The third-order valence-electron chi connectivity index (χ3n) is 1.25. The molecule has 0 heterocycles. The number of rotatable bonds is 6. The van der Waals surface area contributed by atoms with Crippen molar-refractivity contribution in [1.29, 1.82) is 0 Å². The van der Waals surface area contributed by atoms with Crippen molar-refractivity contribution in [3.8, 4) is 0 Å². The van der Waals surface area contributed by atoms with Crippen molar-refractivity contribution in [2.45, 2.75) is 23.8 Å². The predicted molar refractivity (Wildman–Crippen MR) is 55.2 cm³/mol. The first-order valence-electron chi connectivity index (χ1n) is 3.87. The third-order valence-corrected chi connectivity index (χ3v) is 1.61. The lowest BCUT2D eigenvalue weighted by Crippen LogP contribution is -2.25. The van der Waals surface area contributed by atoms with E-state index in [0.717, 1.165) is 0 Å². The lowest BCUT2D eigenvalue weighted by molar-refractivity contribution is -0.243. The molecule has 0 rings (SSSR count). The molecule has 13 heavy (non-hydrogen) atoms. The van der Waals surface area contributed by atoms with Crippen LogP contribution in [0.25, 0.3) is 0 Å². The number of thiol groups is 2. The van der Waals surface area contributed by atoms with Gasteiger partial charge in [0.2, 0.25) is 0 Å². The molecule has 4 nitrogen and oxygen atoms in total. The Morgan fingerprint density at radius 1 is 1.38 bits per heavy atom. The number of carbonyl (C=O) groups excluding carboxylic acids is 1. The Kier molecular flexibility index (Phi) is 6.58. The first kappa shape index (κ1) is 13.1. The van der Waals surface area contributed by atoms with Gasteiger partial charge in [0.05, 0.1) is 13.2 Å². The summed E-state index contributed by atoms with van der Waals surface area (Å²) in [6.45, 7) is 2.08. The Morgan fingerprint density at radius 3 is 2.38 bits per heavy atom. The summed E-state index contributed by atoms with van der Waals surface area (Å²) < 4.78 is 3.78. The number of hydrogen-bond donors (Lipinski definition) is 3. The highest BCUT2D eigenvalue weighted by atomic mass is 32.2. The van der Waals surface area contributed by atoms with E-state index < -0.39 is 10.0 Å². The third kappa shape index (κ3) is 7.18. The van der Waals surface area contributed by atoms with Gasteiger partial charge in [0, 0.05) is 0 Å². The van der Waals surface area contributed by atoms with Gasteiger partial charge in [-0.3, -0.25) is 5.26 Å². The van der Waals surface area contributed by atoms with Gasteiger partial charge in [0.25, 0.3) is 0 Å². The van der Waals surface area contributed by atoms with Gasteiger partial charge < -0.3 is 4.74 Å². The summed E-state index contributed by atoms with van der Waals surface area (Å²) in [6.07, 6.45) is 1.28. The molecule has 0 aromatic heterocycles. The maximum absolute atomic E-state index is 11.0. The van der Waals surface area contributed by atoms with E-state index in [1.54, 1.807) is 6.92 Å². The summed E-state index contributed by atoms with van der Waals surface area (Å²) in [5.41, 5.74) is 0. The molecular formula is C7H14O4S2. The lowest BCUT2D eigenvalue weighted by atomic mass is 10.3. The standard InChI is InChI=1S/C7H14O4S2/c1-7(12,13)6(8)10-4-2-3-5-11-9/h9,12-13H,2-5H2,1H3. The number of unbranched alkanes of at least 4 members (excludes halogenated alkanes) is 1. The zero-order valence-corrected chi connectivity index (χ0v) is 9.18. The van der Waals surface area contributed by atoms with E-state index in [2.05, 4.69) is 30.1 Å². The van der Waals surface area contributed by atoms with Crippen LogP contribution in [0.5, 0.6) is 0 Å². The minimum Gasteiger partial charge on any atom is -0.464 e. The Balaban J connectivity index is 3.38. The van der Waals surface area contributed by atoms with Crippen molar-refractivity contribution in [2.24, 2.45) is 0 Å². The average Bonchev–Trinajstić information content (AvgIpc) is 2.02. The summed E-state index contributed by atoms with van der Waals surface area (Å²) in [5.74, 6) is -0.468. The average molecular weight is 226 g/mol. The van der Waals surface area contributed by atoms with Crippen LogP contribution in [0.2, 0.25) is 0 Å². The second-order valence-electron chi connectivity index (χ2n) is 2.70. The second-order valence-corrected chi connectivity index (χ2v) is 4.84. The van der Waals surface area contributed by atoms with Crippen LogP contribution in [0.1, 0.15) is 19.8 Å². The normalized spacial score (nSPS) is 11.4. The highest BCUT2D eigenvalue weighted by Gasteiger charge is 2.25. The van der Waals surface area contributed by atoms with Crippen molar-refractivity contribution in [2.75, 3.05) is 13.2 Å². The van der Waals surface area contributed by atoms with Crippen LogP contribution in [0.3, 0.4) is 0 Å².